The summed E-state index contributed by atoms with van der Waals surface area (Å²) in [4.78, 5) is 11.8. The number of carbonyl (C=O) groups excluding carboxylic acids is 1. The summed E-state index contributed by atoms with van der Waals surface area (Å²) in [7, 11) is 1.60. The van der Waals surface area contributed by atoms with E-state index in [-0.39, 0.29) is 5.91 Å². The molecule has 112 valence electrons. The van der Waals surface area contributed by atoms with Gasteiger partial charge in [-0.2, -0.15) is 0 Å². The molecule has 1 N–H and O–H groups in total. The molecule has 1 rings (SSSR count). The van der Waals surface area contributed by atoms with Gasteiger partial charge in [0.15, 0.2) is 6.10 Å². The molecule has 0 bridgehead atoms. The molecule has 0 fully saturated rings. The minimum atomic E-state index is -0.513. The van der Waals surface area contributed by atoms with Crippen molar-refractivity contribution in [3.8, 4) is 5.75 Å². The van der Waals surface area contributed by atoms with Crippen molar-refractivity contribution in [2.45, 2.75) is 39.2 Å². The molecule has 0 aliphatic rings. The molecule has 1 aromatic carbocycles. The van der Waals surface area contributed by atoms with Crippen molar-refractivity contribution in [1.82, 2.24) is 5.32 Å². The van der Waals surface area contributed by atoms with Crippen molar-refractivity contribution in [1.29, 1.82) is 0 Å². The summed E-state index contributed by atoms with van der Waals surface area (Å²) >= 11 is 0. The first kappa shape index (κ1) is 16.5. The SMILES string of the molecule is CCC(C)c1ccc(OC(C)C(=O)NCCOC)cc1. The predicted molar refractivity (Wildman–Crippen MR) is 80.1 cm³/mol. The summed E-state index contributed by atoms with van der Waals surface area (Å²) in [6.45, 7) is 7.10. The lowest BCUT2D eigenvalue weighted by Gasteiger charge is -2.15. The van der Waals surface area contributed by atoms with Crippen LogP contribution in [0.5, 0.6) is 5.75 Å². The summed E-state index contributed by atoms with van der Waals surface area (Å²) in [6, 6.07) is 7.94. The Bertz CT molecular complexity index is 403. The van der Waals surface area contributed by atoms with Gasteiger partial charge in [-0.25, -0.2) is 0 Å². The van der Waals surface area contributed by atoms with Crippen LogP contribution in [0.2, 0.25) is 0 Å². The fraction of sp³-hybridized carbons (Fsp3) is 0.562. The minimum Gasteiger partial charge on any atom is -0.481 e. The van der Waals surface area contributed by atoms with Gasteiger partial charge in [0.2, 0.25) is 0 Å². The van der Waals surface area contributed by atoms with Gasteiger partial charge in [-0.15, -0.1) is 0 Å². The molecular weight excluding hydrogens is 254 g/mol. The average Bonchev–Trinajstić information content (AvgIpc) is 2.47. The summed E-state index contributed by atoms with van der Waals surface area (Å²) in [5, 5.41) is 2.75. The van der Waals surface area contributed by atoms with Gasteiger partial charge < -0.3 is 14.8 Å². The number of carbonyl (C=O) groups is 1. The van der Waals surface area contributed by atoms with Gasteiger partial charge in [-0.3, -0.25) is 4.79 Å². The molecule has 0 radical (unpaired) electrons. The number of methoxy groups -OCH3 is 1. The number of ether oxygens (including phenoxy) is 2. The Morgan fingerprint density at radius 3 is 2.45 bits per heavy atom. The topological polar surface area (TPSA) is 47.6 Å². The third-order valence-electron chi connectivity index (χ3n) is 3.35. The van der Waals surface area contributed by atoms with Gasteiger partial charge in [-0.05, 0) is 37.0 Å². The van der Waals surface area contributed by atoms with Crippen LogP contribution in [0.3, 0.4) is 0 Å². The van der Waals surface area contributed by atoms with Gasteiger partial charge in [0.25, 0.3) is 5.91 Å². The highest BCUT2D eigenvalue weighted by Gasteiger charge is 2.14. The van der Waals surface area contributed by atoms with E-state index < -0.39 is 6.10 Å². The molecule has 0 spiro atoms. The number of hydrogen-bond acceptors (Lipinski definition) is 3. The van der Waals surface area contributed by atoms with Gasteiger partial charge in [-0.1, -0.05) is 26.0 Å². The minimum absolute atomic E-state index is 0.131. The summed E-state index contributed by atoms with van der Waals surface area (Å²) in [5.41, 5.74) is 1.29. The van der Waals surface area contributed by atoms with Crippen LogP contribution < -0.4 is 10.1 Å². The van der Waals surface area contributed by atoms with Crippen molar-refractivity contribution in [2.75, 3.05) is 20.3 Å². The van der Waals surface area contributed by atoms with E-state index >= 15 is 0 Å². The molecule has 0 aliphatic heterocycles. The Hall–Kier alpha value is -1.55. The Morgan fingerprint density at radius 1 is 1.25 bits per heavy atom. The van der Waals surface area contributed by atoms with E-state index in [0.29, 0.717) is 24.8 Å². The van der Waals surface area contributed by atoms with Crippen LogP contribution in [0.25, 0.3) is 0 Å². The maximum Gasteiger partial charge on any atom is 0.260 e. The van der Waals surface area contributed by atoms with E-state index in [4.69, 9.17) is 9.47 Å². The Balaban J connectivity index is 2.49. The number of nitrogens with one attached hydrogen (secondary N) is 1. The predicted octanol–water partition coefficient (Wildman–Crippen LogP) is 2.73. The molecule has 1 aromatic rings. The first-order valence-corrected chi connectivity index (χ1v) is 7.11. The zero-order chi connectivity index (χ0) is 15.0. The monoisotopic (exact) mass is 279 g/mol. The molecule has 1 amide bonds. The molecule has 2 unspecified atom stereocenters. The second kappa shape index (κ2) is 8.59. The Morgan fingerprint density at radius 2 is 1.90 bits per heavy atom. The van der Waals surface area contributed by atoms with Gasteiger partial charge in [0.05, 0.1) is 6.61 Å². The molecule has 2 atom stereocenters. The Labute approximate surface area is 121 Å². The van der Waals surface area contributed by atoms with Crippen molar-refractivity contribution in [2.24, 2.45) is 0 Å². The molecule has 0 aliphatic carbocycles. The normalized spacial score (nSPS) is 13.6. The smallest absolute Gasteiger partial charge is 0.260 e. The lowest BCUT2D eigenvalue weighted by Crippen LogP contribution is -2.37. The molecular formula is C16H25NO3. The van der Waals surface area contributed by atoms with Gasteiger partial charge in [0.1, 0.15) is 5.75 Å². The molecule has 0 heterocycles. The van der Waals surface area contributed by atoms with E-state index in [1.807, 2.05) is 12.1 Å². The fourth-order valence-electron chi connectivity index (χ4n) is 1.79. The van der Waals surface area contributed by atoms with E-state index in [2.05, 4.69) is 31.3 Å². The lowest BCUT2D eigenvalue weighted by atomic mass is 9.99. The largest absolute Gasteiger partial charge is 0.481 e. The van der Waals surface area contributed by atoms with E-state index in [1.165, 1.54) is 5.56 Å². The number of rotatable bonds is 8. The third-order valence-corrected chi connectivity index (χ3v) is 3.35. The maximum absolute atomic E-state index is 11.8. The summed E-state index contributed by atoms with van der Waals surface area (Å²) < 4.78 is 10.5. The highest BCUT2D eigenvalue weighted by atomic mass is 16.5. The van der Waals surface area contributed by atoms with Crippen LogP contribution in [0, 0.1) is 0 Å². The van der Waals surface area contributed by atoms with Crippen molar-refractivity contribution in [3.63, 3.8) is 0 Å². The first-order chi connectivity index (χ1) is 9.58. The highest BCUT2D eigenvalue weighted by molar-refractivity contribution is 5.80. The van der Waals surface area contributed by atoms with E-state index in [1.54, 1.807) is 14.0 Å². The zero-order valence-electron chi connectivity index (χ0n) is 12.8. The third kappa shape index (κ3) is 5.21. The average molecular weight is 279 g/mol. The molecule has 0 saturated heterocycles. The second-order valence-electron chi connectivity index (χ2n) is 4.92. The van der Waals surface area contributed by atoms with Crippen molar-refractivity contribution < 1.29 is 14.3 Å². The lowest BCUT2D eigenvalue weighted by molar-refractivity contribution is -0.127. The summed E-state index contributed by atoms with van der Waals surface area (Å²) in [5.74, 6) is 1.12. The molecule has 20 heavy (non-hydrogen) atoms. The van der Waals surface area contributed by atoms with Gasteiger partial charge >= 0.3 is 0 Å². The maximum atomic E-state index is 11.8. The van der Waals surface area contributed by atoms with Crippen LogP contribution in [0.15, 0.2) is 24.3 Å². The molecule has 4 nitrogen and oxygen atoms in total. The van der Waals surface area contributed by atoms with Gasteiger partial charge in [0, 0.05) is 13.7 Å². The highest BCUT2D eigenvalue weighted by Crippen LogP contribution is 2.22. The molecule has 0 saturated carbocycles. The number of amides is 1. The van der Waals surface area contributed by atoms with Crippen LogP contribution in [0.1, 0.15) is 38.7 Å². The van der Waals surface area contributed by atoms with Crippen LogP contribution in [0.4, 0.5) is 0 Å². The molecule has 0 aromatic heterocycles. The van der Waals surface area contributed by atoms with Crippen molar-refractivity contribution >= 4 is 5.91 Å². The first-order valence-electron chi connectivity index (χ1n) is 7.11. The Kier molecular flexibility index (Phi) is 7.09. The van der Waals surface area contributed by atoms with E-state index in [0.717, 1.165) is 6.42 Å². The number of benzene rings is 1. The zero-order valence-corrected chi connectivity index (χ0v) is 12.8. The van der Waals surface area contributed by atoms with Crippen molar-refractivity contribution in [3.05, 3.63) is 29.8 Å². The van der Waals surface area contributed by atoms with E-state index in [9.17, 15) is 4.79 Å². The standard InChI is InChI=1S/C16H25NO3/c1-5-12(2)14-6-8-15(9-7-14)20-13(3)16(18)17-10-11-19-4/h6-9,12-13H,5,10-11H2,1-4H3,(H,17,18). The summed E-state index contributed by atoms with van der Waals surface area (Å²) in [6.07, 6.45) is 0.597. The molecule has 4 heteroatoms. The number of hydrogen-bond donors (Lipinski definition) is 1. The quantitative estimate of drug-likeness (QED) is 0.744. The van der Waals surface area contributed by atoms with Crippen LogP contribution in [-0.4, -0.2) is 32.3 Å². The fourth-order valence-corrected chi connectivity index (χ4v) is 1.79. The second-order valence-corrected chi connectivity index (χ2v) is 4.92. The van der Waals surface area contributed by atoms with Crippen LogP contribution in [-0.2, 0) is 9.53 Å². The van der Waals surface area contributed by atoms with Crippen LogP contribution >= 0.6 is 0 Å².